The Labute approximate surface area is 100 Å². The molecule has 0 atom stereocenters. The second-order valence-corrected chi connectivity index (χ2v) is 4.43. The predicted octanol–water partition coefficient (Wildman–Crippen LogP) is 0.0474. The topological polar surface area (TPSA) is 75.1 Å². The largest absolute Gasteiger partial charge is 0.384 e. The van der Waals surface area contributed by atoms with Crippen molar-refractivity contribution >= 4 is 5.84 Å². The number of nitrogen functional groups attached to an aromatic ring is 1. The van der Waals surface area contributed by atoms with E-state index in [9.17, 15) is 4.79 Å². The lowest BCUT2D eigenvalue weighted by atomic mass is 10.0. The van der Waals surface area contributed by atoms with Gasteiger partial charge in [-0.2, -0.15) is 0 Å². The molecule has 0 amide bonds. The minimum atomic E-state index is -0.166. The van der Waals surface area contributed by atoms with E-state index >= 15 is 0 Å². The number of aromatic nitrogens is 1. The number of amidine groups is 1. The quantitative estimate of drug-likeness (QED) is 0.560. The molecule has 2 heterocycles. The van der Waals surface area contributed by atoms with E-state index in [4.69, 9.17) is 11.1 Å². The van der Waals surface area contributed by atoms with Crippen LogP contribution in [-0.2, 0) is 20.0 Å². The Hall–Kier alpha value is -1.62. The van der Waals surface area contributed by atoms with E-state index in [2.05, 4.69) is 11.8 Å². The highest BCUT2D eigenvalue weighted by Gasteiger charge is 2.20. The van der Waals surface area contributed by atoms with Crippen LogP contribution in [0, 0.1) is 5.41 Å². The van der Waals surface area contributed by atoms with Crippen LogP contribution in [0.25, 0.3) is 0 Å². The molecule has 0 aromatic carbocycles. The number of hydrogen-bond acceptors (Lipinski definition) is 3. The summed E-state index contributed by atoms with van der Waals surface area (Å²) in [4.78, 5) is 14.3. The van der Waals surface area contributed by atoms with Crippen molar-refractivity contribution in [1.82, 2.24) is 9.47 Å². The van der Waals surface area contributed by atoms with E-state index in [1.54, 1.807) is 17.7 Å². The van der Waals surface area contributed by atoms with E-state index in [-0.39, 0.29) is 11.4 Å². The number of fused-ring (bicyclic) bond motifs is 1. The minimum absolute atomic E-state index is 0.151. The van der Waals surface area contributed by atoms with Gasteiger partial charge in [0.1, 0.15) is 5.84 Å². The molecule has 0 saturated heterocycles. The molecule has 92 valence electrons. The van der Waals surface area contributed by atoms with Crippen molar-refractivity contribution < 1.29 is 0 Å². The van der Waals surface area contributed by atoms with Crippen LogP contribution in [0.15, 0.2) is 10.9 Å². The molecule has 17 heavy (non-hydrogen) atoms. The van der Waals surface area contributed by atoms with E-state index in [1.165, 1.54) is 0 Å². The molecule has 0 spiro atoms. The summed E-state index contributed by atoms with van der Waals surface area (Å²) in [5.74, 6) is -0.151. The van der Waals surface area contributed by atoms with Crippen LogP contribution in [0.1, 0.15) is 23.7 Å². The highest BCUT2D eigenvalue weighted by atomic mass is 16.1. The van der Waals surface area contributed by atoms with Crippen LogP contribution >= 0.6 is 0 Å². The summed E-state index contributed by atoms with van der Waals surface area (Å²) in [5, 5.41) is 7.44. The summed E-state index contributed by atoms with van der Waals surface area (Å²) in [7, 11) is 1.76. The summed E-state index contributed by atoms with van der Waals surface area (Å²) < 4.78 is 1.64. The average Bonchev–Trinajstić information content (AvgIpc) is 2.32. The van der Waals surface area contributed by atoms with Crippen LogP contribution in [0.4, 0.5) is 0 Å². The van der Waals surface area contributed by atoms with Crippen molar-refractivity contribution in [3.63, 3.8) is 0 Å². The van der Waals surface area contributed by atoms with E-state index in [0.717, 1.165) is 37.3 Å². The van der Waals surface area contributed by atoms with Crippen LogP contribution < -0.4 is 11.3 Å². The Bertz CT molecular complexity index is 518. The van der Waals surface area contributed by atoms with Crippen LogP contribution in [0.3, 0.4) is 0 Å². The molecular weight excluding hydrogens is 216 g/mol. The molecule has 0 fully saturated rings. The Morgan fingerprint density at radius 2 is 2.29 bits per heavy atom. The molecule has 1 aromatic rings. The van der Waals surface area contributed by atoms with Gasteiger partial charge in [-0.15, -0.1) is 0 Å². The molecule has 0 unspecified atom stereocenters. The SMILES string of the molecule is CCN1CCc2c(cc(C(=N)N)c(=O)n2C)C1. The van der Waals surface area contributed by atoms with Gasteiger partial charge in [-0.3, -0.25) is 15.1 Å². The highest BCUT2D eigenvalue weighted by molar-refractivity contribution is 5.94. The Morgan fingerprint density at radius 3 is 2.88 bits per heavy atom. The van der Waals surface area contributed by atoms with E-state index in [0.29, 0.717) is 5.56 Å². The number of hydrogen-bond donors (Lipinski definition) is 2. The van der Waals surface area contributed by atoms with Crippen molar-refractivity contribution in [2.24, 2.45) is 12.8 Å². The Morgan fingerprint density at radius 1 is 1.59 bits per heavy atom. The first-order valence-corrected chi connectivity index (χ1v) is 5.83. The fourth-order valence-corrected chi connectivity index (χ4v) is 2.35. The normalized spacial score (nSPS) is 15.6. The van der Waals surface area contributed by atoms with Crippen molar-refractivity contribution in [1.29, 1.82) is 5.41 Å². The molecular formula is C12H18N4O. The zero-order valence-electron chi connectivity index (χ0n) is 10.3. The zero-order valence-corrected chi connectivity index (χ0v) is 10.3. The van der Waals surface area contributed by atoms with Crippen LogP contribution in [0.2, 0.25) is 0 Å². The molecule has 0 saturated carbocycles. The van der Waals surface area contributed by atoms with Crippen molar-refractivity contribution in [2.75, 3.05) is 13.1 Å². The van der Waals surface area contributed by atoms with Gasteiger partial charge in [0.2, 0.25) is 0 Å². The second-order valence-electron chi connectivity index (χ2n) is 4.43. The van der Waals surface area contributed by atoms with Gasteiger partial charge in [0.05, 0.1) is 5.56 Å². The zero-order chi connectivity index (χ0) is 12.6. The second kappa shape index (κ2) is 4.33. The molecule has 5 nitrogen and oxygen atoms in total. The van der Waals surface area contributed by atoms with Gasteiger partial charge in [-0.25, -0.2) is 0 Å². The van der Waals surface area contributed by atoms with Crippen LogP contribution in [0.5, 0.6) is 0 Å². The number of nitrogens with zero attached hydrogens (tertiary/aromatic N) is 2. The van der Waals surface area contributed by atoms with E-state index < -0.39 is 0 Å². The highest BCUT2D eigenvalue weighted by Crippen LogP contribution is 2.17. The fraction of sp³-hybridized carbons (Fsp3) is 0.500. The molecule has 5 heteroatoms. The first-order chi connectivity index (χ1) is 8.04. The molecule has 1 aliphatic rings. The van der Waals surface area contributed by atoms with Crippen molar-refractivity contribution in [3.8, 4) is 0 Å². The third-order valence-electron chi connectivity index (χ3n) is 3.43. The fourth-order valence-electron chi connectivity index (χ4n) is 2.35. The minimum Gasteiger partial charge on any atom is -0.384 e. The first kappa shape index (κ1) is 11.9. The maximum atomic E-state index is 12.0. The molecule has 0 aliphatic carbocycles. The number of likely N-dealkylation sites (N-methyl/N-ethyl adjacent to an activating group) is 1. The lowest BCUT2D eigenvalue weighted by Crippen LogP contribution is -2.37. The van der Waals surface area contributed by atoms with Gasteiger partial charge < -0.3 is 10.3 Å². The molecule has 3 N–H and O–H groups in total. The van der Waals surface area contributed by atoms with Gasteiger partial charge >= 0.3 is 0 Å². The number of rotatable bonds is 2. The predicted molar refractivity (Wildman–Crippen MR) is 67.4 cm³/mol. The summed E-state index contributed by atoms with van der Waals surface area (Å²) in [6.07, 6.45) is 0.882. The molecule has 0 bridgehead atoms. The number of nitrogens with two attached hydrogens (primary N) is 1. The lowest BCUT2D eigenvalue weighted by Gasteiger charge is -2.29. The molecule has 1 aromatic heterocycles. The third kappa shape index (κ3) is 1.98. The summed E-state index contributed by atoms with van der Waals surface area (Å²) >= 11 is 0. The van der Waals surface area contributed by atoms with Gasteiger partial charge in [-0.1, -0.05) is 6.92 Å². The average molecular weight is 234 g/mol. The van der Waals surface area contributed by atoms with Gasteiger partial charge in [0.15, 0.2) is 0 Å². The van der Waals surface area contributed by atoms with Crippen molar-refractivity contribution in [3.05, 3.63) is 33.2 Å². The number of nitrogens with one attached hydrogen (secondary N) is 1. The Balaban J connectivity index is 2.55. The smallest absolute Gasteiger partial charge is 0.261 e. The summed E-state index contributed by atoms with van der Waals surface area (Å²) in [5.41, 5.74) is 7.77. The van der Waals surface area contributed by atoms with Gasteiger partial charge in [0.25, 0.3) is 5.56 Å². The molecule has 0 radical (unpaired) electrons. The lowest BCUT2D eigenvalue weighted by molar-refractivity contribution is 0.263. The van der Waals surface area contributed by atoms with Crippen molar-refractivity contribution in [2.45, 2.75) is 19.9 Å². The maximum Gasteiger partial charge on any atom is 0.261 e. The maximum absolute atomic E-state index is 12.0. The number of pyridine rings is 1. The summed E-state index contributed by atoms with van der Waals surface area (Å²) in [6.45, 7) is 4.94. The Kier molecular flexibility index (Phi) is 3.02. The molecule has 2 rings (SSSR count). The van der Waals surface area contributed by atoms with Crippen LogP contribution in [-0.4, -0.2) is 28.4 Å². The monoisotopic (exact) mass is 234 g/mol. The van der Waals surface area contributed by atoms with Gasteiger partial charge in [0, 0.05) is 32.3 Å². The van der Waals surface area contributed by atoms with Gasteiger partial charge in [-0.05, 0) is 18.2 Å². The summed E-state index contributed by atoms with van der Waals surface area (Å²) in [6, 6.07) is 1.78. The third-order valence-corrected chi connectivity index (χ3v) is 3.43. The van der Waals surface area contributed by atoms with E-state index in [1.807, 2.05) is 0 Å². The standard InChI is InChI=1S/C12H18N4O/c1-3-16-5-4-10-8(7-16)6-9(11(13)14)12(17)15(10)2/h6H,3-5,7H2,1-2H3,(H3,13,14). The molecule has 1 aliphatic heterocycles. The first-order valence-electron chi connectivity index (χ1n) is 5.83.